The van der Waals surface area contributed by atoms with Crippen LogP contribution in [-0.4, -0.2) is 12.7 Å². The molecule has 3 nitrogen and oxygen atoms in total. The van der Waals surface area contributed by atoms with Gasteiger partial charge in [0.25, 0.3) is 0 Å². The Morgan fingerprint density at radius 1 is 1.40 bits per heavy atom. The standard InChI is InChI=1S/C12H15NO2/c1-3-4-9-15-12(14)13-11-7-5-10(2)6-8-11/h3-8H,9H2,1-2H3,(H,13,14)/b4-3-. The SMILES string of the molecule is C/C=C\COC(=O)Nc1ccc(C)cc1. The van der Waals surface area contributed by atoms with Gasteiger partial charge in [-0.1, -0.05) is 29.8 Å². The van der Waals surface area contributed by atoms with Crippen LogP contribution in [0.4, 0.5) is 10.5 Å². The molecule has 0 spiro atoms. The van der Waals surface area contributed by atoms with Crippen LogP contribution in [0.3, 0.4) is 0 Å². The summed E-state index contributed by atoms with van der Waals surface area (Å²) in [5.74, 6) is 0. The Kier molecular flexibility index (Phi) is 4.41. The summed E-state index contributed by atoms with van der Waals surface area (Å²) >= 11 is 0. The van der Waals surface area contributed by atoms with Crippen LogP contribution in [0, 0.1) is 6.92 Å². The second kappa shape index (κ2) is 5.86. The number of allylic oxidation sites excluding steroid dienone is 1. The molecule has 1 rings (SSSR count). The molecular formula is C12H15NO2. The molecule has 0 unspecified atom stereocenters. The van der Waals surface area contributed by atoms with Crippen molar-refractivity contribution in [3.8, 4) is 0 Å². The predicted molar refractivity (Wildman–Crippen MR) is 61.0 cm³/mol. The van der Waals surface area contributed by atoms with Gasteiger partial charge in [0.2, 0.25) is 0 Å². The Labute approximate surface area is 89.8 Å². The van der Waals surface area contributed by atoms with Crippen LogP contribution in [0.1, 0.15) is 12.5 Å². The van der Waals surface area contributed by atoms with Gasteiger partial charge in [0.15, 0.2) is 0 Å². The molecule has 0 saturated heterocycles. The predicted octanol–water partition coefficient (Wildman–Crippen LogP) is 3.12. The minimum atomic E-state index is -0.433. The smallest absolute Gasteiger partial charge is 0.411 e. The Morgan fingerprint density at radius 2 is 2.07 bits per heavy atom. The first kappa shape index (κ1) is 11.3. The van der Waals surface area contributed by atoms with Crippen molar-refractivity contribution in [1.82, 2.24) is 0 Å². The molecule has 0 bridgehead atoms. The number of hydrogen-bond donors (Lipinski definition) is 1. The molecule has 0 aromatic heterocycles. The van der Waals surface area contributed by atoms with E-state index in [-0.39, 0.29) is 0 Å². The first-order chi connectivity index (χ1) is 7.22. The lowest BCUT2D eigenvalue weighted by Gasteiger charge is -2.05. The van der Waals surface area contributed by atoms with E-state index in [0.29, 0.717) is 6.61 Å². The summed E-state index contributed by atoms with van der Waals surface area (Å²) in [5.41, 5.74) is 1.90. The van der Waals surface area contributed by atoms with Gasteiger partial charge in [-0.15, -0.1) is 0 Å². The van der Waals surface area contributed by atoms with Gasteiger partial charge in [-0.05, 0) is 26.0 Å². The molecule has 0 aliphatic rings. The van der Waals surface area contributed by atoms with Crippen molar-refractivity contribution in [3.63, 3.8) is 0 Å². The van der Waals surface area contributed by atoms with Gasteiger partial charge in [0.05, 0.1) is 0 Å². The molecule has 0 aliphatic heterocycles. The number of amides is 1. The number of carbonyl (C=O) groups is 1. The van der Waals surface area contributed by atoms with Crippen molar-refractivity contribution in [2.45, 2.75) is 13.8 Å². The fourth-order valence-corrected chi connectivity index (χ4v) is 1.01. The van der Waals surface area contributed by atoms with Crippen LogP contribution in [0.15, 0.2) is 36.4 Å². The number of carbonyl (C=O) groups excluding carboxylic acids is 1. The molecule has 0 aliphatic carbocycles. The van der Waals surface area contributed by atoms with Gasteiger partial charge in [-0.3, -0.25) is 5.32 Å². The highest BCUT2D eigenvalue weighted by molar-refractivity contribution is 5.84. The van der Waals surface area contributed by atoms with Gasteiger partial charge in [-0.25, -0.2) is 4.79 Å². The van der Waals surface area contributed by atoms with Crippen LogP contribution < -0.4 is 5.32 Å². The van der Waals surface area contributed by atoms with E-state index in [1.165, 1.54) is 0 Å². The van der Waals surface area contributed by atoms with Gasteiger partial charge in [0, 0.05) is 5.69 Å². The maximum atomic E-state index is 11.2. The Morgan fingerprint density at radius 3 is 2.67 bits per heavy atom. The lowest BCUT2D eigenvalue weighted by molar-refractivity contribution is 0.174. The molecule has 3 heteroatoms. The van der Waals surface area contributed by atoms with E-state index in [1.807, 2.05) is 44.2 Å². The molecule has 0 atom stereocenters. The zero-order valence-electron chi connectivity index (χ0n) is 8.99. The number of nitrogens with one attached hydrogen (secondary N) is 1. The molecule has 80 valence electrons. The number of aryl methyl sites for hydroxylation is 1. The minimum Gasteiger partial charge on any atom is -0.445 e. The third kappa shape index (κ3) is 4.31. The maximum absolute atomic E-state index is 11.2. The summed E-state index contributed by atoms with van der Waals surface area (Å²) in [4.78, 5) is 11.2. The summed E-state index contributed by atoms with van der Waals surface area (Å²) in [6.07, 6.45) is 3.17. The monoisotopic (exact) mass is 205 g/mol. The minimum absolute atomic E-state index is 0.300. The highest BCUT2D eigenvalue weighted by Crippen LogP contribution is 2.08. The summed E-state index contributed by atoms with van der Waals surface area (Å²) < 4.78 is 4.88. The maximum Gasteiger partial charge on any atom is 0.411 e. The van der Waals surface area contributed by atoms with Crippen molar-refractivity contribution in [3.05, 3.63) is 42.0 Å². The lowest BCUT2D eigenvalue weighted by atomic mass is 10.2. The highest BCUT2D eigenvalue weighted by atomic mass is 16.5. The molecule has 1 amide bonds. The zero-order valence-corrected chi connectivity index (χ0v) is 8.99. The fraction of sp³-hybridized carbons (Fsp3) is 0.250. The van der Waals surface area contributed by atoms with Crippen LogP contribution >= 0.6 is 0 Å². The third-order valence-electron chi connectivity index (χ3n) is 1.84. The number of ether oxygens (including phenoxy) is 1. The third-order valence-corrected chi connectivity index (χ3v) is 1.84. The largest absolute Gasteiger partial charge is 0.445 e. The fourth-order valence-electron chi connectivity index (χ4n) is 1.01. The highest BCUT2D eigenvalue weighted by Gasteiger charge is 2.00. The molecular weight excluding hydrogens is 190 g/mol. The summed E-state index contributed by atoms with van der Waals surface area (Å²) in [6.45, 7) is 4.17. The Bertz CT molecular complexity index is 341. The number of benzene rings is 1. The van der Waals surface area contributed by atoms with Crippen LogP contribution in [0.5, 0.6) is 0 Å². The van der Waals surface area contributed by atoms with Gasteiger partial charge < -0.3 is 4.74 Å². The molecule has 0 radical (unpaired) electrons. The van der Waals surface area contributed by atoms with Crippen LogP contribution in [-0.2, 0) is 4.74 Å². The molecule has 0 heterocycles. The van der Waals surface area contributed by atoms with Crippen molar-refractivity contribution in [2.24, 2.45) is 0 Å². The summed E-state index contributed by atoms with van der Waals surface area (Å²) in [5, 5.41) is 2.63. The Hall–Kier alpha value is -1.77. The summed E-state index contributed by atoms with van der Waals surface area (Å²) in [6, 6.07) is 7.54. The van der Waals surface area contributed by atoms with Crippen molar-refractivity contribution < 1.29 is 9.53 Å². The zero-order chi connectivity index (χ0) is 11.1. The van der Waals surface area contributed by atoms with Crippen molar-refractivity contribution in [2.75, 3.05) is 11.9 Å². The first-order valence-electron chi connectivity index (χ1n) is 4.84. The van der Waals surface area contributed by atoms with E-state index < -0.39 is 6.09 Å². The first-order valence-corrected chi connectivity index (χ1v) is 4.84. The summed E-state index contributed by atoms with van der Waals surface area (Å²) in [7, 11) is 0. The molecule has 1 N–H and O–H groups in total. The molecule has 0 saturated carbocycles. The average molecular weight is 205 g/mol. The molecule has 1 aromatic rings. The van der Waals surface area contributed by atoms with Crippen LogP contribution in [0.2, 0.25) is 0 Å². The number of anilines is 1. The second-order valence-electron chi connectivity index (χ2n) is 3.16. The van der Waals surface area contributed by atoms with E-state index >= 15 is 0 Å². The van der Waals surface area contributed by atoms with E-state index in [9.17, 15) is 4.79 Å². The van der Waals surface area contributed by atoms with Crippen LogP contribution in [0.25, 0.3) is 0 Å². The average Bonchev–Trinajstić information content (AvgIpc) is 2.22. The Balaban J connectivity index is 2.41. The van der Waals surface area contributed by atoms with Gasteiger partial charge in [-0.2, -0.15) is 0 Å². The topological polar surface area (TPSA) is 38.3 Å². The van der Waals surface area contributed by atoms with Gasteiger partial charge >= 0.3 is 6.09 Å². The number of rotatable bonds is 3. The van der Waals surface area contributed by atoms with E-state index in [4.69, 9.17) is 4.74 Å². The lowest BCUT2D eigenvalue weighted by Crippen LogP contribution is -2.13. The normalized spacial score (nSPS) is 10.3. The van der Waals surface area contributed by atoms with Gasteiger partial charge in [0.1, 0.15) is 6.61 Å². The molecule has 1 aromatic carbocycles. The van der Waals surface area contributed by atoms with Crippen molar-refractivity contribution in [1.29, 1.82) is 0 Å². The quantitative estimate of drug-likeness (QED) is 0.770. The van der Waals surface area contributed by atoms with E-state index in [2.05, 4.69) is 5.32 Å². The number of hydrogen-bond acceptors (Lipinski definition) is 2. The molecule has 0 fully saturated rings. The van der Waals surface area contributed by atoms with E-state index in [0.717, 1.165) is 11.3 Å². The molecule has 15 heavy (non-hydrogen) atoms. The van der Waals surface area contributed by atoms with E-state index in [1.54, 1.807) is 6.08 Å². The second-order valence-corrected chi connectivity index (χ2v) is 3.16. The van der Waals surface area contributed by atoms with Crippen molar-refractivity contribution >= 4 is 11.8 Å².